The van der Waals surface area contributed by atoms with E-state index in [4.69, 9.17) is 9.84 Å². The van der Waals surface area contributed by atoms with Crippen LogP contribution in [0.25, 0.3) is 0 Å². The van der Waals surface area contributed by atoms with Crippen LogP contribution in [0.3, 0.4) is 0 Å². The lowest BCUT2D eigenvalue weighted by Gasteiger charge is -2.06. The van der Waals surface area contributed by atoms with Crippen LogP contribution in [-0.4, -0.2) is 33.6 Å². The van der Waals surface area contributed by atoms with Crippen LogP contribution in [0.2, 0.25) is 0 Å². The maximum Gasteiger partial charge on any atom is 0.167 e. The number of rotatable bonds is 5. The minimum Gasteiger partial charge on any atom is -0.493 e. The molecular weight excluding hydrogens is 272 g/mol. The second-order valence-electron chi connectivity index (χ2n) is 4.01. The van der Waals surface area contributed by atoms with Gasteiger partial charge in [0.25, 0.3) is 0 Å². The predicted molar refractivity (Wildman–Crippen MR) is 79.8 cm³/mol. The largest absolute Gasteiger partial charge is 0.493 e. The highest BCUT2D eigenvalue weighted by atomic mass is 32.2. The first kappa shape index (κ1) is 14.5. The fourth-order valence-electron chi connectivity index (χ4n) is 1.59. The zero-order valence-electron chi connectivity index (χ0n) is 11.2. The van der Waals surface area contributed by atoms with Gasteiger partial charge in [-0.1, -0.05) is 29.7 Å². The Morgan fingerprint density at radius 3 is 3.10 bits per heavy atom. The molecule has 4 nitrogen and oxygen atoms in total. The summed E-state index contributed by atoms with van der Waals surface area (Å²) in [5, 5.41) is 9.65. The molecule has 2 rings (SSSR count). The highest BCUT2D eigenvalue weighted by Gasteiger charge is 2.00. The average Bonchev–Trinajstić information content (AvgIpc) is 2.87. The van der Waals surface area contributed by atoms with Crippen LogP contribution in [-0.2, 0) is 7.05 Å². The summed E-state index contributed by atoms with van der Waals surface area (Å²) in [5.74, 6) is 7.09. The number of thioether (sulfide) groups is 1. The molecule has 20 heavy (non-hydrogen) atoms. The van der Waals surface area contributed by atoms with Crippen molar-refractivity contribution in [2.24, 2.45) is 7.05 Å². The summed E-state index contributed by atoms with van der Waals surface area (Å²) in [6.45, 7) is 0.472. The molecule has 0 radical (unpaired) electrons. The molecule has 1 aromatic carbocycles. The summed E-state index contributed by atoms with van der Waals surface area (Å²) in [7, 11) is 1.97. The van der Waals surface area contributed by atoms with E-state index in [2.05, 4.69) is 16.8 Å². The predicted octanol–water partition coefficient (Wildman–Crippen LogP) is 1.93. The standard InChI is InChI=1S/C15H16N2O2S/c1-17-8-7-16-15(17)20-11-10-19-14-6-2-4-13(12-14)5-3-9-18/h2,4,6-8,12,18H,9-11H2,1H3. The number of aliphatic hydroxyl groups excluding tert-OH is 1. The minimum absolute atomic E-state index is 0.134. The van der Waals surface area contributed by atoms with Gasteiger partial charge in [0.05, 0.1) is 6.61 Å². The smallest absolute Gasteiger partial charge is 0.167 e. The van der Waals surface area contributed by atoms with Crippen LogP contribution in [0.15, 0.2) is 41.8 Å². The number of aryl methyl sites for hydroxylation is 1. The Labute approximate surface area is 122 Å². The number of aromatic nitrogens is 2. The van der Waals surface area contributed by atoms with E-state index in [1.54, 1.807) is 18.0 Å². The van der Waals surface area contributed by atoms with Gasteiger partial charge in [-0.3, -0.25) is 0 Å². The van der Waals surface area contributed by atoms with Crippen molar-refractivity contribution in [3.63, 3.8) is 0 Å². The first-order valence-corrected chi connectivity index (χ1v) is 7.21. The van der Waals surface area contributed by atoms with Crippen LogP contribution < -0.4 is 4.74 Å². The molecule has 0 fully saturated rings. The molecule has 0 atom stereocenters. The third-order valence-corrected chi connectivity index (χ3v) is 3.53. The van der Waals surface area contributed by atoms with Gasteiger partial charge >= 0.3 is 0 Å². The van der Waals surface area contributed by atoms with Crippen LogP contribution in [0, 0.1) is 11.8 Å². The number of hydrogen-bond donors (Lipinski definition) is 1. The Balaban J connectivity index is 1.81. The van der Waals surface area contributed by atoms with E-state index in [0.717, 1.165) is 22.2 Å². The van der Waals surface area contributed by atoms with E-state index < -0.39 is 0 Å². The summed E-state index contributed by atoms with van der Waals surface area (Å²) in [6.07, 6.45) is 3.71. The molecule has 0 aliphatic heterocycles. The third-order valence-electron chi connectivity index (χ3n) is 2.51. The minimum atomic E-state index is -0.134. The van der Waals surface area contributed by atoms with Gasteiger partial charge in [-0.05, 0) is 18.2 Å². The van der Waals surface area contributed by atoms with Crippen molar-refractivity contribution in [2.45, 2.75) is 5.16 Å². The van der Waals surface area contributed by atoms with Gasteiger partial charge in [0.2, 0.25) is 0 Å². The number of ether oxygens (including phenoxy) is 1. The lowest BCUT2D eigenvalue weighted by atomic mass is 10.2. The lowest BCUT2D eigenvalue weighted by molar-refractivity contribution is 0.343. The van der Waals surface area contributed by atoms with E-state index in [1.165, 1.54) is 0 Å². The van der Waals surface area contributed by atoms with Crippen molar-refractivity contribution in [3.8, 4) is 17.6 Å². The summed E-state index contributed by atoms with van der Waals surface area (Å²) in [5.41, 5.74) is 0.841. The van der Waals surface area contributed by atoms with Crippen molar-refractivity contribution in [3.05, 3.63) is 42.2 Å². The monoisotopic (exact) mass is 288 g/mol. The van der Waals surface area contributed by atoms with E-state index in [1.807, 2.05) is 42.1 Å². The van der Waals surface area contributed by atoms with Crippen LogP contribution >= 0.6 is 11.8 Å². The molecular formula is C15H16N2O2S. The number of aliphatic hydroxyl groups is 1. The van der Waals surface area contributed by atoms with E-state index in [0.29, 0.717) is 6.61 Å². The van der Waals surface area contributed by atoms with Gasteiger partial charge in [-0.25, -0.2) is 4.98 Å². The van der Waals surface area contributed by atoms with Crippen molar-refractivity contribution in [1.82, 2.24) is 9.55 Å². The number of hydrogen-bond acceptors (Lipinski definition) is 4. The van der Waals surface area contributed by atoms with Gasteiger partial charge in [0.1, 0.15) is 12.4 Å². The summed E-state index contributed by atoms with van der Waals surface area (Å²) in [4.78, 5) is 4.24. The molecule has 0 unspecified atom stereocenters. The first-order chi connectivity index (χ1) is 9.79. The molecule has 0 aliphatic rings. The van der Waals surface area contributed by atoms with Gasteiger partial charge < -0.3 is 14.4 Å². The van der Waals surface area contributed by atoms with E-state index in [9.17, 15) is 0 Å². The van der Waals surface area contributed by atoms with Crippen LogP contribution in [0.4, 0.5) is 0 Å². The van der Waals surface area contributed by atoms with Gasteiger partial charge in [-0.15, -0.1) is 0 Å². The second-order valence-corrected chi connectivity index (χ2v) is 5.07. The molecule has 1 N–H and O–H groups in total. The normalized spacial score (nSPS) is 9.90. The van der Waals surface area contributed by atoms with Crippen LogP contribution in [0.5, 0.6) is 5.75 Å². The zero-order valence-corrected chi connectivity index (χ0v) is 12.1. The van der Waals surface area contributed by atoms with Crippen molar-refractivity contribution >= 4 is 11.8 Å². The Hall–Kier alpha value is -1.90. The molecule has 0 aliphatic carbocycles. The molecule has 0 saturated heterocycles. The molecule has 1 heterocycles. The van der Waals surface area contributed by atoms with E-state index >= 15 is 0 Å². The topological polar surface area (TPSA) is 47.3 Å². The zero-order chi connectivity index (χ0) is 14.2. The molecule has 0 saturated carbocycles. The summed E-state index contributed by atoms with van der Waals surface area (Å²) >= 11 is 1.66. The Kier molecular flexibility index (Phi) is 5.54. The SMILES string of the molecule is Cn1ccnc1SCCOc1cccc(C#CCO)c1. The Morgan fingerprint density at radius 2 is 2.35 bits per heavy atom. The molecule has 0 bridgehead atoms. The fourth-order valence-corrected chi connectivity index (χ4v) is 2.34. The summed E-state index contributed by atoms with van der Waals surface area (Å²) < 4.78 is 7.66. The molecule has 0 amide bonds. The maximum absolute atomic E-state index is 8.67. The number of imidazole rings is 1. The van der Waals surface area contributed by atoms with Gasteiger partial charge in [0, 0.05) is 30.8 Å². The maximum atomic E-state index is 8.67. The highest BCUT2D eigenvalue weighted by molar-refractivity contribution is 7.99. The summed E-state index contributed by atoms with van der Waals surface area (Å²) in [6, 6.07) is 7.55. The first-order valence-electron chi connectivity index (χ1n) is 6.22. The van der Waals surface area contributed by atoms with Crippen LogP contribution in [0.1, 0.15) is 5.56 Å². The third kappa shape index (κ3) is 4.34. The molecule has 1 aromatic heterocycles. The Bertz CT molecular complexity index is 614. The van der Waals surface area contributed by atoms with Gasteiger partial charge in [0.15, 0.2) is 5.16 Å². The van der Waals surface area contributed by atoms with Crippen molar-refractivity contribution in [2.75, 3.05) is 19.0 Å². The van der Waals surface area contributed by atoms with E-state index in [-0.39, 0.29) is 6.61 Å². The highest BCUT2D eigenvalue weighted by Crippen LogP contribution is 2.16. The second kappa shape index (κ2) is 7.63. The molecule has 0 spiro atoms. The number of benzene rings is 1. The quantitative estimate of drug-likeness (QED) is 0.519. The fraction of sp³-hybridized carbons (Fsp3) is 0.267. The van der Waals surface area contributed by atoms with Crippen molar-refractivity contribution in [1.29, 1.82) is 0 Å². The van der Waals surface area contributed by atoms with Gasteiger partial charge in [-0.2, -0.15) is 0 Å². The average molecular weight is 288 g/mol. The lowest BCUT2D eigenvalue weighted by Crippen LogP contribution is -2.01. The number of nitrogens with zero attached hydrogens (tertiary/aromatic N) is 2. The Morgan fingerprint density at radius 1 is 1.45 bits per heavy atom. The molecule has 5 heteroatoms. The van der Waals surface area contributed by atoms with Crippen molar-refractivity contribution < 1.29 is 9.84 Å². The molecule has 104 valence electrons. The molecule has 2 aromatic rings.